The van der Waals surface area contributed by atoms with E-state index in [1.54, 1.807) is 19.2 Å². The maximum atomic E-state index is 11.7. The SMILES string of the molecule is CCOC(=O)C1(n2ccc(C=O)n2)CC1. The van der Waals surface area contributed by atoms with Crippen LogP contribution in [-0.2, 0) is 15.1 Å². The minimum absolute atomic E-state index is 0.259. The number of aromatic nitrogens is 2. The molecule has 0 spiro atoms. The fraction of sp³-hybridized carbons (Fsp3) is 0.500. The van der Waals surface area contributed by atoms with Gasteiger partial charge in [-0.1, -0.05) is 0 Å². The van der Waals surface area contributed by atoms with Gasteiger partial charge in [0.25, 0.3) is 0 Å². The van der Waals surface area contributed by atoms with Crippen molar-refractivity contribution in [3.63, 3.8) is 0 Å². The third-order valence-electron chi connectivity index (χ3n) is 2.55. The van der Waals surface area contributed by atoms with Crippen molar-refractivity contribution in [2.24, 2.45) is 0 Å². The lowest BCUT2D eigenvalue weighted by Crippen LogP contribution is -2.30. The van der Waals surface area contributed by atoms with Gasteiger partial charge in [0, 0.05) is 6.20 Å². The summed E-state index contributed by atoms with van der Waals surface area (Å²) in [4.78, 5) is 22.1. The zero-order chi connectivity index (χ0) is 10.9. The van der Waals surface area contributed by atoms with Crippen molar-refractivity contribution in [1.29, 1.82) is 0 Å². The summed E-state index contributed by atoms with van der Waals surface area (Å²) in [6.45, 7) is 2.14. The minimum Gasteiger partial charge on any atom is -0.464 e. The second-order valence-electron chi connectivity index (χ2n) is 3.56. The molecule has 1 heterocycles. The predicted octanol–water partition coefficient (Wildman–Crippen LogP) is 0.748. The molecule has 5 heteroatoms. The Balaban J connectivity index is 2.22. The molecule has 0 saturated heterocycles. The summed E-state index contributed by atoms with van der Waals surface area (Å²) < 4.78 is 6.51. The van der Waals surface area contributed by atoms with Gasteiger partial charge in [0.05, 0.1) is 6.61 Å². The van der Waals surface area contributed by atoms with Crippen LogP contribution < -0.4 is 0 Å². The Bertz CT molecular complexity index is 393. The minimum atomic E-state index is -0.642. The smallest absolute Gasteiger partial charge is 0.334 e. The highest BCUT2D eigenvalue weighted by molar-refractivity contribution is 5.82. The first-order valence-corrected chi connectivity index (χ1v) is 4.91. The summed E-state index contributed by atoms with van der Waals surface area (Å²) in [7, 11) is 0. The Hall–Kier alpha value is -1.65. The molecule has 1 aliphatic carbocycles. The molecule has 1 aromatic heterocycles. The molecule has 0 aliphatic heterocycles. The van der Waals surface area contributed by atoms with E-state index in [-0.39, 0.29) is 5.97 Å². The molecule has 0 N–H and O–H groups in total. The first kappa shape index (κ1) is 9.89. The number of esters is 1. The number of carbonyl (C=O) groups excluding carboxylic acids is 2. The van der Waals surface area contributed by atoms with Gasteiger partial charge in [-0.2, -0.15) is 5.10 Å². The first-order chi connectivity index (χ1) is 7.23. The summed E-state index contributed by atoms with van der Waals surface area (Å²) in [5.41, 5.74) is -0.303. The highest BCUT2D eigenvalue weighted by atomic mass is 16.5. The van der Waals surface area contributed by atoms with Crippen molar-refractivity contribution < 1.29 is 14.3 Å². The van der Waals surface area contributed by atoms with Gasteiger partial charge in [-0.25, -0.2) is 4.79 Å². The molecular weight excluding hydrogens is 196 g/mol. The van der Waals surface area contributed by atoms with Crippen LogP contribution in [0.3, 0.4) is 0 Å². The zero-order valence-corrected chi connectivity index (χ0v) is 8.47. The van der Waals surface area contributed by atoms with Crippen molar-refractivity contribution in [3.05, 3.63) is 18.0 Å². The maximum absolute atomic E-state index is 11.7. The molecule has 5 nitrogen and oxygen atoms in total. The summed E-state index contributed by atoms with van der Waals surface area (Å²) in [6.07, 6.45) is 3.77. The van der Waals surface area contributed by atoms with E-state index in [1.807, 2.05) is 0 Å². The summed E-state index contributed by atoms with van der Waals surface area (Å²) >= 11 is 0. The second-order valence-corrected chi connectivity index (χ2v) is 3.56. The van der Waals surface area contributed by atoms with Crippen molar-refractivity contribution in [3.8, 4) is 0 Å². The van der Waals surface area contributed by atoms with Crippen molar-refractivity contribution >= 4 is 12.3 Å². The molecule has 0 unspecified atom stereocenters. The average Bonchev–Trinajstić information content (AvgIpc) is 2.91. The summed E-state index contributed by atoms with van der Waals surface area (Å²) in [6, 6.07) is 1.59. The standard InChI is InChI=1S/C10H12N2O3/c1-2-15-9(14)10(4-5-10)12-6-3-8(7-13)11-12/h3,6-7H,2,4-5H2,1H3. The number of hydrogen-bond donors (Lipinski definition) is 0. The molecule has 0 aromatic carbocycles. The predicted molar refractivity (Wildman–Crippen MR) is 51.5 cm³/mol. The number of aldehydes is 1. The number of nitrogens with zero attached hydrogens (tertiary/aromatic N) is 2. The Labute approximate surface area is 87.0 Å². The van der Waals surface area contributed by atoms with E-state index in [9.17, 15) is 9.59 Å². The van der Waals surface area contributed by atoms with Gasteiger partial charge in [0.1, 0.15) is 5.69 Å². The van der Waals surface area contributed by atoms with Gasteiger partial charge in [-0.05, 0) is 25.8 Å². The number of hydrogen-bond acceptors (Lipinski definition) is 4. The van der Waals surface area contributed by atoms with E-state index >= 15 is 0 Å². The van der Waals surface area contributed by atoms with Crippen LogP contribution in [0.5, 0.6) is 0 Å². The molecule has 80 valence electrons. The van der Waals surface area contributed by atoms with Crippen LogP contribution in [0.2, 0.25) is 0 Å². The molecule has 0 amide bonds. The molecular formula is C10H12N2O3. The monoisotopic (exact) mass is 208 g/mol. The molecule has 2 rings (SSSR count). The zero-order valence-electron chi connectivity index (χ0n) is 8.47. The lowest BCUT2D eigenvalue weighted by Gasteiger charge is -2.13. The van der Waals surface area contributed by atoms with Gasteiger partial charge >= 0.3 is 5.97 Å². The quantitative estimate of drug-likeness (QED) is 0.541. The summed E-state index contributed by atoms with van der Waals surface area (Å²) in [5.74, 6) is -0.259. The lowest BCUT2D eigenvalue weighted by molar-refractivity contribution is -0.149. The third-order valence-corrected chi connectivity index (χ3v) is 2.55. The molecule has 15 heavy (non-hydrogen) atoms. The molecule has 1 fully saturated rings. The molecule has 1 aliphatic rings. The molecule has 0 atom stereocenters. The number of ether oxygens (including phenoxy) is 1. The third kappa shape index (κ3) is 1.54. The molecule has 1 aromatic rings. The van der Waals surface area contributed by atoms with E-state index in [0.717, 1.165) is 12.8 Å². The van der Waals surface area contributed by atoms with Crippen molar-refractivity contribution in [2.45, 2.75) is 25.3 Å². The first-order valence-electron chi connectivity index (χ1n) is 4.91. The fourth-order valence-corrected chi connectivity index (χ4v) is 1.55. The fourth-order valence-electron chi connectivity index (χ4n) is 1.55. The Morgan fingerprint density at radius 1 is 1.73 bits per heavy atom. The van der Waals surface area contributed by atoms with E-state index in [0.29, 0.717) is 18.6 Å². The van der Waals surface area contributed by atoms with Crippen LogP contribution in [0.25, 0.3) is 0 Å². The molecule has 1 saturated carbocycles. The number of rotatable bonds is 4. The number of carbonyl (C=O) groups is 2. The van der Waals surface area contributed by atoms with Crippen LogP contribution in [0.4, 0.5) is 0 Å². The second kappa shape index (κ2) is 3.49. The van der Waals surface area contributed by atoms with Gasteiger partial charge in [-0.15, -0.1) is 0 Å². The van der Waals surface area contributed by atoms with Crippen LogP contribution >= 0.6 is 0 Å². The van der Waals surface area contributed by atoms with Crippen LogP contribution in [-0.4, -0.2) is 28.6 Å². The molecule has 0 bridgehead atoms. The van der Waals surface area contributed by atoms with E-state index in [1.165, 1.54) is 4.68 Å². The Morgan fingerprint density at radius 2 is 2.47 bits per heavy atom. The van der Waals surface area contributed by atoms with Gasteiger partial charge in [0.2, 0.25) is 0 Å². The van der Waals surface area contributed by atoms with Gasteiger partial charge in [0.15, 0.2) is 11.8 Å². The van der Waals surface area contributed by atoms with Gasteiger partial charge < -0.3 is 4.74 Å². The Morgan fingerprint density at radius 3 is 2.93 bits per heavy atom. The van der Waals surface area contributed by atoms with Crippen LogP contribution in [0.1, 0.15) is 30.3 Å². The van der Waals surface area contributed by atoms with E-state index in [4.69, 9.17) is 4.74 Å². The van der Waals surface area contributed by atoms with E-state index < -0.39 is 5.54 Å². The van der Waals surface area contributed by atoms with Crippen LogP contribution in [0, 0.1) is 0 Å². The highest BCUT2D eigenvalue weighted by Crippen LogP contribution is 2.44. The Kier molecular flexibility index (Phi) is 2.30. The van der Waals surface area contributed by atoms with Crippen LogP contribution in [0.15, 0.2) is 12.3 Å². The topological polar surface area (TPSA) is 61.2 Å². The van der Waals surface area contributed by atoms with Crippen molar-refractivity contribution in [1.82, 2.24) is 9.78 Å². The van der Waals surface area contributed by atoms with Gasteiger partial charge in [-0.3, -0.25) is 9.48 Å². The highest BCUT2D eigenvalue weighted by Gasteiger charge is 2.54. The van der Waals surface area contributed by atoms with Crippen molar-refractivity contribution in [2.75, 3.05) is 6.61 Å². The normalized spacial score (nSPS) is 17.1. The average molecular weight is 208 g/mol. The van der Waals surface area contributed by atoms with E-state index in [2.05, 4.69) is 5.10 Å². The largest absolute Gasteiger partial charge is 0.464 e. The summed E-state index contributed by atoms with van der Waals surface area (Å²) in [5, 5.41) is 4.01. The molecule has 0 radical (unpaired) electrons. The maximum Gasteiger partial charge on any atom is 0.334 e. The lowest BCUT2D eigenvalue weighted by atomic mass is 10.3.